The molecule has 0 spiro atoms. The van der Waals surface area contributed by atoms with Crippen LogP contribution in [0.1, 0.15) is 61.5 Å². The first-order valence-electron chi connectivity index (χ1n) is 17.0. The number of hydrogen-bond acceptors (Lipinski definition) is 7. The van der Waals surface area contributed by atoms with Crippen molar-refractivity contribution in [3.8, 4) is 11.3 Å². The predicted octanol–water partition coefficient (Wildman–Crippen LogP) is 5.46. The molecule has 3 aliphatic heterocycles. The lowest BCUT2D eigenvalue weighted by atomic mass is 10.00. The van der Waals surface area contributed by atoms with E-state index in [9.17, 15) is 0 Å². The number of piperazine rings is 1. The number of anilines is 1. The van der Waals surface area contributed by atoms with Crippen molar-refractivity contribution < 1.29 is 0 Å². The second-order valence-electron chi connectivity index (χ2n) is 13.6. The highest BCUT2D eigenvalue weighted by Crippen LogP contribution is 2.31. The van der Waals surface area contributed by atoms with Crippen LogP contribution in [0.4, 0.5) is 5.95 Å². The van der Waals surface area contributed by atoms with Crippen LogP contribution in [0.25, 0.3) is 28.0 Å². The van der Waals surface area contributed by atoms with Gasteiger partial charge in [0.1, 0.15) is 0 Å². The van der Waals surface area contributed by atoms with E-state index >= 15 is 0 Å². The fraction of sp³-hybridized carbons (Fsp3) is 0.528. The Morgan fingerprint density at radius 2 is 1.80 bits per heavy atom. The number of nitrogens with one attached hydrogen (secondary N) is 2. The van der Waals surface area contributed by atoms with Gasteiger partial charge in [-0.1, -0.05) is 26.0 Å². The van der Waals surface area contributed by atoms with E-state index in [-0.39, 0.29) is 0 Å². The van der Waals surface area contributed by atoms with E-state index in [2.05, 4.69) is 80.9 Å². The summed E-state index contributed by atoms with van der Waals surface area (Å²) in [5.41, 5.74) is 9.76. The molecular weight excluding hydrogens is 558 g/mol. The van der Waals surface area contributed by atoms with Crippen molar-refractivity contribution in [3.63, 3.8) is 0 Å². The number of piperidine rings is 1. The van der Waals surface area contributed by atoms with E-state index in [1.165, 1.54) is 68.6 Å². The fourth-order valence-electron chi connectivity index (χ4n) is 7.64. The van der Waals surface area contributed by atoms with E-state index in [1.807, 2.05) is 17.9 Å². The van der Waals surface area contributed by atoms with Gasteiger partial charge in [-0.15, -0.1) is 0 Å². The van der Waals surface area contributed by atoms with E-state index < -0.39 is 0 Å². The molecule has 0 saturated carbocycles. The van der Waals surface area contributed by atoms with Crippen molar-refractivity contribution in [1.29, 1.82) is 0 Å². The van der Waals surface area contributed by atoms with Gasteiger partial charge in [-0.2, -0.15) is 5.10 Å². The molecule has 7 rings (SSSR count). The van der Waals surface area contributed by atoms with Gasteiger partial charge >= 0.3 is 0 Å². The molecule has 9 nitrogen and oxygen atoms in total. The van der Waals surface area contributed by atoms with Crippen LogP contribution in [-0.4, -0.2) is 79.4 Å². The Morgan fingerprint density at radius 3 is 2.62 bits per heavy atom. The van der Waals surface area contributed by atoms with Crippen molar-refractivity contribution in [2.45, 2.75) is 71.5 Å². The van der Waals surface area contributed by atoms with Crippen molar-refractivity contribution in [2.24, 2.45) is 13.0 Å². The number of pyridine rings is 1. The van der Waals surface area contributed by atoms with Gasteiger partial charge in [-0.25, -0.2) is 4.98 Å². The van der Waals surface area contributed by atoms with Crippen LogP contribution < -0.4 is 10.6 Å². The molecular formula is C36H49N9. The summed E-state index contributed by atoms with van der Waals surface area (Å²) >= 11 is 0. The second-order valence-corrected chi connectivity index (χ2v) is 13.6. The Bertz CT molecular complexity index is 1650. The number of fused-ring (bicyclic) bond motifs is 7. The quantitative estimate of drug-likeness (QED) is 0.321. The van der Waals surface area contributed by atoms with E-state index in [0.717, 1.165) is 84.7 Å². The highest BCUT2D eigenvalue weighted by molar-refractivity contribution is 5.83. The topological polar surface area (TPSA) is 79.1 Å². The molecule has 2 N–H and O–H groups in total. The number of rotatable bonds is 3. The molecule has 0 radical (unpaired) electrons. The molecule has 0 unspecified atom stereocenters. The summed E-state index contributed by atoms with van der Waals surface area (Å²) in [4.78, 5) is 15.4. The zero-order valence-corrected chi connectivity index (χ0v) is 27.4. The van der Waals surface area contributed by atoms with Crippen LogP contribution in [0.3, 0.4) is 0 Å². The third-order valence-electron chi connectivity index (χ3n) is 10.2. The van der Waals surface area contributed by atoms with Crippen LogP contribution in [0.2, 0.25) is 0 Å². The zero-order valence-electron chi connectivity index (χ0n) is 27.4. The first-order valence-corrected chi connectivity index (χ1v) is 17.0. The molecule has 2 bridgehead atoms. The molecule has 45 heavy (non-hydrogen) atoms. The van der Waals surface area contributed by atoms with Crippen LogP contribution in [0.5, 0.6) is 0 Å². The number of nitrogens with zero attached hydrogens (tertiary/aromatic N) is 7. The highest BCUT2D eigenvalue weighted by Gasteiger charge is 2.26. The lowest BCUT2D eigenvalue weighted by Gasteiger charge is -2.40. The van der Waals surface area contributed by atoms with Gasteiger partial charge in [0.05, 0.1) is 22.9 Å². The van der Waals surface area contributed by atoms with Gasteiger partial charge in [0, 0.05) is 80.6 Å². The van der Waals surface area contributed by atoms with Crippen LogP contribution in [-0.2, 0) is 26.6 Å². The van der Waals surface area contributed by atoms with Gasteiger partial charge in [0.15, 0.2) is 0 Å². The summed E-state index contributed by atoms with van der Waals surface area (Å²) in [6.45, 7) is 17.8. The SMILES string of the molecule is C=C1Nc2nc3ccc(CN4CCC(N5CCNCC5)CC4)cc3n2C[C@H](C)CCCCc2c(cnn2C)-c2cc1cc(C)n2. The van der Waals surface area contributed by atoms with Gasteiger partial charge < -0.3 is 15.2 Å². The molecule has 0 aliphatic carbocycles. The monoisotopic (exact) mass is 607 g/mol. The van der Waals surface area contributed by atoms with E-state index in [1.54, 1.807) is 0 Å². The standard InChI is InChI=1S/C36H49N9/c1-25-7-5-6-8-34-31(22-38-42(34)4)33-21-29(19-26(2)39-33)27(3)40-36-41-32-10-9-28(20-35(32)45(36)23-25)24-43-15-11-30(12-16-43)44-17-13-37-14-18-44/h9-10,19-22,25,30,37H,3,5-8,11-18,23-24H2,1-2,4H3,(H,40,41)/t25-/m1/s1. The van der Waals surface area contributed by atoms with E-state index in [4.69, 9.17) is 9.97 Å². The average molecular weight is 608 g/mol. The van der Waals surface area contributed by atoms with Crippen molar-refractivity contribution in [3.05, 3.63) is 65.6 Å². The van der Waals surface area contributed by atoms with Crippen molar-refractivity contribution in [1.82, 2.24) is 39.4 Å². The smallest absolute Gasteiger partial charge is 0.208 e. The van der Waals surface area contributed by atoms with Crippen molar-refractivity contribution >= 4 is 22.7 Å². The summed E-state index contributed by atoms with van der Waals surface area (Å²) in [5.74, 6) is 1.38. The molecule has 3 aliphatic rings. The summed E-state index contributed by atoms with van der Waals surface area (Å²) in [5, 5.41) is 11.7. The average Bonchev–Trinajstić information content (AvgIpc) is 3.58. The molecule has 2 fully saturated rings. The summed E-state index contributed by atoms with van der Waals surface area (Å²) < 4.78 is 4.42. The molecule has 2 saturated heterocycles. The molecule has 9 heteroatoms. The largest absolute Gasteiger partial charge is 0.326 e. The van der Waals surface area contributed by atoms with Crippen LogP contribution in [0, 0.1) is 12.8 Å². The normalized spacial score (nSPS) is 21.1. The Morgan fingerprint density at radius 1 is 0.978 bits per heavy atom. The molecule has 1 aromatic carbocycles. The maximum Gasteiger partial charge on any atom is 0.208 e. The highest BCUT2D eigenvalue weighted by atomic mass is 15.3. The van der Waals surface area contributed by atoms with Crippen LogP contribution in [0.15, 0.2) is 43.1 Å². The first-order chi connectivity index (χ1) is 21.9. The molecule has 3 aromatic heterocycles. The minimum Gasteiger partial charge on any atom is -0.326 e. The number of hydrogen-bond donors (Lipinski definition) is 2. The Kier molecular flexibility index (Phi) is 8.75. The Balaban J connectivity index is 1.15. The number of benzene rings is 1. The molecule has 6 heterocycles. The maximum atomic E-state index is 5.12. The molecule has 4 aromatic rings. The van der Waals surface area contributed by atoms with Crippen LogP contribution >= 0.6 is 0 Å². The van der Waals surface area contributed by atoms with Gasteiger partial charge in [-0.05, 0) is 87.9 Å². The predicted molar refractivity (Wildman–Crippen MR) is 183 cm³/mol. The second kappa shape index (κ2) is 13.1. The zero-order chi connectivity index (χ0) is 30.9. The number of aromatic nitrogens is 5. The fourth-order valence-corrected chi connectivity index (χ4v) is 7.64. The minimum absolute atomic E-state index is 0.519. The van der Waals surface area contributed by atoms with Gasteiger partial charge in [-0.3, -0.25) is 19.5 Å². The number of aryl methyl sites for hydroxylation is 2. The maximum absolute atomic E-state index is 5.12. The van der Waals surface area contributed by atoms with Gasteiger partial charge in [0.25, 0.3) is 0 Å². The number of imidazole rings is 1. The molecule has 238 valence electrons. The molecule has 1 atom stereocenters. The van der Waals surface area contributed by atoms with Gasteiger partial charge in [0.2, 0.25) is 5.95 Å². The summed E-state index contributed by atoms with van der Waals surface area (Å²) in [7, 11) is 2.04. The Hall–Kier alpha value is -3.53. The summed E-state index contributed by atoms with van der Waals surface area (Å²) in [6.07, 6.45) is 8.97. The number of likely N-dealkylation sites (tertiary alicyclic amines) is 1. The van der Waals surface area contributed by atoms with Crippen molar-refractivity contribution in [2.75, 3.05) is 44.6 Å². The lowest BCUT2D eigenvalue weighted by Crippen LogP contribution is -2.51. The van der Waals surface area contributed by atoms with E-state index in [0.29, 0.717) is 5.92 Å². The Labute approximate surface area is 267 Å². The third-order valence-corrected chi connectivity index (χ3v) is 10.2. The minimum atomic E-state index is 0.519. The molecule has 0 amide bonds. The first kappa shape index (κ1) is 30.1. The lowest BCUT2D eigenvalue weighted by molar-refractivity contribution is 0.0948. The third kappa shape index (κ3) is 6.57. The summed E-state index contributed by atoms with van der Waals surface area (Å²) in [6, 6.07) is 11.9.